The minimum Gasteiger partial charge on any atom is -0.488 e. The van der Waals surface area contributed by atoms with Gasteiger partial charge in [-0.15, -0.1) is 0 Å². The van der Waals surface area contributed by atoms with E-state index in [4.69, 9.17) is 15.1 Å². The van der Waals surface area contributed by atoms with Gasteiger partial charge < -0.3 is 9.84 Å². The molecule has 0 fully saturated rings. The number of carbonyl (C=O) groups is 1. The van der Waals surface area contributed by atoms with Gasteiger partial charge in [-0.25, -0.2) is 9.18 Å². The summed E-state index contributed by atoms with van der Waals surface area (Å²) in [5.41, 5.74) is 0.798. The summed E-state index contributed by atoms with van der Waals surface area (Å²) in [4.78, 5) is 11.2. The Morgan fingerprint density at radius 3 is 2.71 bits per heavy atom. The van der Waals surface area contributed by atoms with Crippen LogP contribution in [0.4, 0.5) is 4.39 Å². The molecule has 0 aromatic heterocycles. The maximum absolute atomic E-state index is 13.9. The molecular formula is C16H12FNO3. The number of aryl methyl sites for hydroxylation is 1. The van der Waals surface area contributed by atoms with E-state index in [0.717, 1.165) is 0 Å². The van der Waals surface area contributed by atoms with Crippen LogP contribution >= 0.6 is 0 Å². The van der Waals surface area contributed by atoms with E-state index in [2.05, 4.69) is 0 Å². The molecule has 0 radical (unpaired) electrons. The number of hydrogen-bond acceptors (Lipinski definition) is 3. The summed E-state index contributed by atoms with van der Waals surface area (Å²) in [5, 5.41) is 17.9. The van der Waals surface area contributed by atoms with E-state index in [1.165, 1.54) is 18.2 Å². The molecule has 0 aliphatic heterocycles. The second-order valence-corrected chi connectivity index (χ2v) is 4.44. The summed E-state index contributed by atoms with van der Waals surface area (Å²) in [7, 11) is 0. The van der Waals surface area contributed by atoms with Crippen LogP contribution in [0, 0.1) is 24.1 Å². The van der Waals surface area contributed by atoms with E-state index >= 15 is 0 Å². The minimum absolute atomic E-state index is 0.0202. The third-order valence-corrected chi connectivity index (χ3v) is 3.01. The van der Waals surface area contributed by atoms with Crippen molar-refractivity contribution >= 4 is 5.97 Å². The fourth-order valence-electron chi connectivity index (χ4n) is 1.94. The third kappa shape index (κ3) is 3.00. The number of halogens is 1. The Bertz CT molecular complexity index is 735. The first kappa shape index (κ1) is 14.5. The van der Waals surface area contributed by atoms with Crippen molar-refractivity contribution in [1.82, 2.24) is 0 Å². The number of nitrogens with zero attached hydrogens (tertiary/aromatic N) is 1. The molecule has 0 heterocycles. The summed E-state index contributed by atoms with van der Waals surface area (Å²) < 4.78 is 19.4. The number of benzene rings is 2. The summed E-state index contributed by atoms with van der Waals surface area (Å²) in [6.07, 6.45) is 0. The molecule has 0 aliphatic rings. The highest BCUT2D eigenvalue weighted by atomic mass is 19.1. The lowest BCUT2D eigenvalue weighted by Crippen LogP contribution is -2.06. The number of ether oxygens (including phenoxy) is 1. The second kappa shape index (κ2) is 6.06. The van der Waals surface area contributed by atoms with Crippen molar-refractivity contribution in [3.05, 3.63) is 64.5 Å². The average molecular weight is 285 g/mol. The van der Waals surface area contributed by atoms with Crippen LogP contribution < -0.4 is 4.74 Å². The van der Waals surface area contributed by atoms with Crippen LogP contribution in [0.2, 0.25) is 0 Å². The Morgan fingerprint density at radius 2 is 2.05 bits per heavy atom. The predicted octanol–water partition coefficient (Wildman–Crippen LogP) is 3.28. The molecule has 0 aliphatic carbocycles. The average Bonchev–Trinajstić information content (AvgIpc) is 2.47. The molecule has 21 heavy (non-hydrogen) atoms. The van der Waals surface area contributed by atoms with Crippen molar-refractivity contribution in [1.29, 1.82) is 5.26 Å². The largest absolute Gasteiger partial charge is 0.488 e. The normalized spacial score (nSPS) is 9.95. The van der Waals surface area contributed by atoms with Crippen molar-refractivity contribution in [2.75, 3.05) is 0 Å². The van der Waals surface area contributed by atoms with E-state index < -0.39 is 11.8 Å². The van der Waals surface area contributed by atoms with Crippen LogP contribution in [0.5, 0.6) is 5.75 Å². The Hall–Kier alpha value is -2.87. The highest BCUT2D eigenvalue weighted by Gasteiger charge is 2.15. The lowest BCUT2D eigenvalue weighted by atomic mass is 10.1. The lowest BCUT2D eigenvalue weighted by molar-refractivity contribution is 0.0691. The zero-order valence-corrected chi connectivity index (χ0v) is 11.3. The second-order valence-electron chi connectivity index (χ2n) is 4.44. The van der Waals surface area contributed by atoms with Crippen molar-refractivity contribution in [2.24, 2.45) is 0 Å². The molecule has 0 saturated heterocycles. The smallest absolute Gasteiger partial charge is 0.339 e. The van der Waals surface area contributed by atoms with E-state index in [-0.39, 0.29) is 29.0 Å². The number of nitriles is 1. The number of para-hydroxylation sites is 1. The number of hydrogen-bond donors (Lipinski definition) is 1. The van der Waals surface area contributed by atoms with E-state index in [1.54, 1.807) is 31.2 Å². The van der Waals surface area contributed by atoms with Gasteiger partial charge >= 0.3 is 5.97 Å². The number of carboxylic acids is 1. The molecule has 0 spiro atoms. The Balaban J connectivity index is 2.30. The lowest BCUT2D eigenvalue weighted by Gasteiger charge is -2.12. The summed E-state index contributed by atoms with van der Waals surface area (Å²) in [6.45, 7) is 1.57. The predicted molar refractivity (Wildman–Crippen MR) is 73.6 cm³/mol. The van der Waals surface area contributed by atoms with Gasteiger partial charge in [0.05, 0.1) is 5.56 Å². The van der Waals surface area contributed by atoms with Gasteiger partial charge in [-0.1, -0.05) is 24.3 Å². The molecule has 0 saturated carbocycles. The maximum atomic E-state index is 13.9. The standard InChI is InChI=1S/C16H12FNO3/c1-10-4-2-7-13(16(19)20)15(10)21-9-12-6-3-5-11(8-18)14(12)17/h2-7H,9H2,1H3,(H,19,20). The van der Waals surface area contributed by atoms with Gasteiger partial charge in [-0.2, -0.15) is 5.26 Å². The topological polar surface area (TPSA) is 70.3 Å². The first-order valence-electron chi connectivity index (χ1n) is 6.17. The molecule has 0 unspecified atom stereocenters. The molecule has 0 amide bonds. The number of carboxylic acid groups (broad SMARTS) is 1. The number of aromatic carboxylic acids is 1. The van der Waals surface area contributed by atoms with Gasteiger partial charge in [0.25, 0.3) is 0 Å². The zero-order chi connectivity index (χ0) is 15.4. The molecule has 2 aromatic carbocycles. The molecule has 1 N–H and O–H groups in total. The van der Waals surface area contributed by atoms with E-state index in [1.807, 2.05) is 0 Å². The van der Waals surface area contributed by atoms with Gasteiger partial charge in [-0.3, -0.25) is 0 Å². The highest BCUT2D eigenvalue weighted by Crippen LogP contribution is 2.25. The van der Waals surface area contributed by atoms with Crippen molar-refractivity contribution in [2.45, 2.75) is 13.5 Å². The molecular weight excluding hydrogens is 273 g/mol. The first-order valence-corrected chi connectivity index (χ1v) is 6.17. The first-order chi connectivity index (χ1) is 10.0. The molecule has 0 bridgehead atoms. The van der Waals surface area contributed by atoms with Crippen molar-refractivity contribution in [3.63, 3.8) is 0 Å². The van der Waals surface area contributed by atoms with Crippen LogP contribution in [0.1, 0.15) is 27.0 Å². The molecule has 106 valence electrons. The fourth-order valence-corrected chi connectivity index (χ4v) is 1.94. The SMILES string of the molecule is Cc1cccc(C(=O)O)c1OCc1cccc(C#N)c1F. The van der Waals surface area contributed by atoms with Crippen molar-refractivity contribution in [3.8, 4) is 11.8 Å². The molecule has 4 nitrogen and oxygen atoms in total. The third-order valence-electron chi connectivity index (χ3n) is 3.01. The van der Waals surface area contributed by atoms with Gasteiger partial charge in [0, 0.05) is 5.56 Å². The zero-order valence-electron chi connectivity index (χ0n) is 11.3. The van der Waals surface area contributed by atoms with Gasteiger partial charge in [0.1, 0.15) is 29.8 Å². The molecule has 5 heteroatoms. The number of rotatable bonds is 4. The van der Waals surface area contributed by atoms with Crippen LogP contribution in [0.15, 0.2) is 36.4 Å². The highest BCUT2D eigenvalue weighted by molar-refractivity contribution is 5.91. The van der Waals surface area contributed by atoms with E-state index in [9.17, 15) is 9.18 Å². The Labute approximate surface area is 121 Å². The quantitative estimate of drug-likeness (QED) is 0.935. The maximum Gasteiger partial charge on any atom is 0.339 e. The van der Waals surface area contributed by atoms with Gasteiger partial charge in [0.15, 0.2) is 0 Å². The van der Waals surface area contributed by atoms with Crippen LogP contribution in [-0.4, -0.2) is 11.1 Å². The Morgan fingerprint density at radius 1 is 1.33 bits per heavy atom. The van der Waals surface area contributed by atoms with E-state index in [0.29, 0.717) is 5.56 Å². The van der Waals surface area contributed by atoms with Gasteiger partial charge in [-0.05, 0) is 24.6 Å². The van der Waals surface area contributed by atoms with Crippen LogP contribution in [-0.2, 0) is 6.61 Å². The summed E-state index contributed by atoms with van der Waals surface area (Å²) >= 11 is 0. The summed E-state index contributed by atoms with van der Waals surface area (Å²) in [5.74, 6) is -1.56. The fraction of sp³-hybridized carbons (Fsp3) is 0.125. The van der Waals surface area contributed by atoms with Crippen LogP contribution in [0.3, 0.4) is 0 Å². The summed E-state index contributed by atoms with van der Waals surface area (Å²) in [6, 6.07) is 10.9. The molecule has 0 atom stereocenters. The Kier molecular flexibility index (Phi) is 4.19. The van der Waals surface area contributed by atoms with Crippen molar-refractivity contribution < 1.29 is 19.0 Å². The minimum atomic E-state index is -1.11. The monoisotopic (exact) mass is 285 g/mol. The molecule has 2 rings (SSSR count). The van der Waals surface area contributed by atoms with Gasteiger partial charge in [0.2, 0.25) is 0 Å². The molecule has 2 aromatic rings. The van der Waals surface area contributed by atoms with Crippen LogP contribution in [0.25, 0.3) is 0 Å².